The lowest BCUT2D eigenvalue weighted by molar-refractivity contribution is -0.0384. The van der Waals surface area contributed by atoms with Gasteiger partial charge in [0.2, 0.25) is 0 Å². The fourth-order valence-electron chi connectivity index (χ4n) is 2.55. The number of furan rings is 1. The minimum Gasteiger partial charge on any atom is -0.464 e. The number of hydrogen-bond acceptors (Lipinski definition) is 3. The Kier molecular flexibility index (Phi) is 1.52. The van der Waals surface area contributed by atoms with E-state index >= 15 is 0 Å². The van der Waals surface area contributed by atoms with Gasteiger partial charge >= 0.3 is 5.97 Å². The van der Waals surface area contributed by atoms with Gasteiger partial charge in [0, 0.05) is 0 Å². The zero-order valence-corrected chi connectivity index (χ0v) is 7.91. The minimum atomic E-state index is -0.409. The molecule has 3 nitrogen and oxygen atoms in total. The average Bonchev–Trinajstić information content (AvgIpc) is 2.74. The van der Waals surface area contributed by atoms with Crippen LogP contribution in [0.4, 0.5) is 0 Å². The molecule has 1 aliphatic heterocycles. The first kappa shape index (κ1) is 8.09. The molecule has 74 valence electrons. The molecule has 0 amide bonds. The first-order valence-electron chi connectivity index (χ1n) is 5.13. The van der Waals surface area contributed by atoms with E-state index in [1.807, 2.05) is 0 Å². The van der Waals surface area contributed by atoms with Crippen LogP contribution in [-0.4, -0.2) is 5.97 Å². The van der Waals surface area contributed by atoms with E-state index < -0.39 is 5.60 Å². The lowest BCUT2D eigenvalue weighted by atomic mass is 9.83. The number of rotatable bonds is 0. The van der Waals surface area contributed by atoms with Crippen molar-refractivity contribution in [3.8, 4) is 0 Å². The van der Waals surface area contributed by atoms with Crippen LogP contribution >= 0.6 is 0 Å². The normalized spacial score (nSPS) is 23.6. The highest BCUT2D eigenvalue weighted by atomic mass is 16.6. The van der Waals surface area contributed by atoms with E-state index in [1.165, 1.54) is 6.42 Å². The highest BCUT2D eigenvalue weighted by Crippen LogP contribution is 2.46. The van der Waals surface area contributed by atoms with Crippen molar-refractivity contribution in [1.82, 2.24) is 0 Å². The van der Waals surface area contributed by atoms with E-state index in [0.717, 1.165) is 31.4 Å². The Hall–Kier alpha value is -1.25. The maximum absolute atomic E-state index is 11.5. The predicted octanol–water partition coefficient (Wildman–Crippen LogP) is 2.61. The van der Waals surface area contributed by atoms with Crippen LogP contribution in [0.2, 0.25) is 0 Å². The molecule has 0 saturated heterocycles. The van der Waals surface area contributed by atoms with Crippen molar-refractivity contribution in [2.24, 2.45) is 0 Å². The third-order valence-corrected chi connectivity index (χ3v) is 3.25. The van der Waals surface area contributed by atoms with Crippen LogP contribution < -0.4 is 0 Å². The molecule has 3 rings (SSSR count). The van der Waals surface area contributed by atoms with Gasteiger partial charge in [0.1, 0.15) is 5.56 Å². The highest BCUT2D eigenvalue weighted by Gasteiger charge is 2.48. The summed E-state index contributed by atoms with van der Waals surface area (Å²) in [6.07, 6.45) is 6.89. The van der Waals surface area contributed by atoms with E-state index in [-0.39, 0.29) is 5.97 Å². The van der Waals surface area contributed by atoms with Crippen molar-refractivity contribution in [2.45, 2.75) is 37.7 Å². The second-order valence-corrected chi connectivity index (χ2v) is 4.11. The molecule has 14 heavy (non-hydrogen) atoms. The number of ether oxygens (including phenoxy) is 1. The summed E-state index contributed by atoms with van der Waals surface area (Å²) < 4.78 is 10.9. The lowest BCUT2D eigenvalue weighted by Gasteiger charge is -2.30. The van der Waals surface area contributed by atoms with Crippen molar-refractivity contribution in [1.29, 1.82) is 0 Å². The summed E-state index contributed by atoms with van der Waals surface area (Å²) in [6, 6.07) is 1.71. The van der Waals surface area contributed by atoms with Gasteiger partial charge in [-0.3, -0.25) is 0 Å². The molecule has 0 bridgehead atoms. The molecule has 1 aromatic heterocycles. The molecule has 1 aliphatic carbocycles. The summed E-state index contributed by atoms with van der Waals surface area (Å²) in [5.41, 5.74) is 0.223. The number of carbonyl (C=O) groups excluding carboxylic acids is 1. The summed E-state index contributed by atoms with van der Waals surface area (Å²) >= 11 is 0. The van der Waals surface area contributed by atoms with E-state index in [4.69, 9.17) is 9.15 Å². The fourth-order valence-corrected chi connectivity index (χ4v) is 2.55. The van der Waals surface area contributed by atoms with Gasteiger partial charge in [0.25, 0.3) is 0 Å². The molecular formula is C11H12O3. The first-order valence-corrected chi connectivity index (χ1v) is 5.13. The Morgan fingerprint density at radius 3 is 2.79 bits per heavy atom. The monoisotopic (exact) mass is 192 g/mol. The van der Waals surface area contributed by atoms with E-state index in [1.54, 1.807) is 12.3 Å². The molecular weight excluding hydrogens is 180 g/mol. The maximum Gasteiger partial charge on any atom is 0.342 e. The van der Waals surface area contributed by atoms with E-state index in [2.05, 4.69) is 0 Å². The van der Waals surface area contributed by atoms with Crippen LogP contribution in [0.3, 0.4) is 0 Å². The van der Waals surface area contributed by atoms with Gasteiger partial charge in [-0.1, -0.05) is 6.42 Å². The van der Waals surface area contributed by atoms with Crippen LogP contribution in [0.5, 0.6) is 0 Å². The van der Waals surface area contributed by atoms with Crippen LogP contribution in [0, 0.1) is 0 Å². The third-order valence-electron chi connectivity index (χ3n) is 3.25. The van der Waals surface area contributed by atoms with E-state index in [0.29, 0.717) is 5.56 Å². The molecule has 1 saturated carbocycles. The van der Waals surface area contributed by atoms with E-state index in [9.17, 15) is 4.79 Å². The Balaban J connectivity index is 2.07. The quantitative estimate of drug-likeness (QED) is 0.593. The average molecular weight is 192 g/mol. The van der Waals surface area contributed by atoms with Gasteiger partial charge in [-0.25, -0.2) is 4.79 Å². The molecule has 1 aromatic rings. The fraction of sp³-hybridized carbons (Fsp3) is 0.545. The molecule has 1 spiro atoms. The van der Waals surface area contributed by atoms with Gasteiger partial charge in [-0.15, -0.1) is 0 Å². The second kappa shape index (κ2) is 2.62. The summed E-state index contributed by atoms with van der Waals surface area (Å²) in [5, 5.41) is 0. The smallest absolute Gasteiger partial charge is 0.342 e. The minimum absolute atomic E-state index is 0.212. The molecule has 0 unspecified atom stereocenters. The largest absolute Gasteiger partial charge is 0.464 e. The van der Waals surface area contributed by atoms with Crippen molar-refractivity contribution in [2.75, 3.05) is 0 Å². The molecule has 3 heteroatoms. The van der Waals surface area contributed by atoms with Crippen molar-refractivity contribution >= 4 is 5.97 Å². The zero-order chi connectivity index (χ0) is 9.60. The third kappa shape index (κ3) is 0.897. The van der Waals surface area contributed by atoms with Gasteiger partial charge in [-0.05, 0) is 31.7 Å². The standard InChI is InChI=1S/C11H12O3/c12-10-8-4-7-13-9(8)11(14-10)5-2-1-3-6-11/h4,7H,1-3,5-6H2. The number of hydrogen-bond donors (Lipinski definition) is 0. The Bertz CT molecular complexity index is 372. The Labute approximate surface area is 82.0 Å². The van der Waals surface area contributed by atoms with Crippen LogP contribution in [0.1, 0.15) is 48.2 Å². The van der Waals surface area contributed by atoms with Gasteiger partial charge in [0.05, 0.1) is 6.26 Å². The molecule has 1 fully saturated rings. The molecule has 0 N–H and O–H groups in total. The van der Waals surface area contributed by atoms with Crippen molar-refractivity contribution in [3.05, 3.63) is 23.7 Å². The molecule has 2 aliphatic rings. The number of esters is 1. The van der Waals surface area contributed by atoms with Crippen LogP contribution in [-0.2, 0) is 10.3 Å². The summed E-state index contributed by atoms with van der Waals surface area (Å²) in [4.78, 5) is 11.5. The summed E-state index contributed by atoms with van der Waals surface area (Å²) in [5.74, 6) is 0.554. The molecule has 0 aromatic carbocycles. The topological polar surface area (TPSA) is 39.4 Å². The van der Waals surface area contributed by atoms with Crippen LogP contribution in [0.25, 0.3) is 0 Å². The first-order chi connectivity index (χ1) is 6.82. The predicted molar refractivity (Wildman–Crippen MR) is 48.9 cm³/mol. The highest BCUT2D eigenvalue weighted by molar-refractivity contribution is 5.93. The zero-order valence-electron chi connectivity index (χ0n) is 7.91. The Morgan fingerprint density at radius 1 is 1.21 bits per heavy atom. The number of fused-ring (bicyclic) bond motifs is 2. The van der Waals surface area contributed by atoms with Gasteiger partial charge < -0.3 is 9.15 Å². The van der Waals surface area contributed by atoms with Gasteiger partial charge in [-0.2, -0.15) is 0 Å². The SMILES string of the molecule is O=C1OC2(CCCCC2)c2occc21. The summed E-state index contributed by atoms with van der Waals surface area (Å²) in [7, 11) is 0. The lowest BCUT2D eigenvalue weighted by Crippen LogP contribution is -2.28. The molecule has 2 heterocycles. The van der Waals surface area contributed by atoms with Crippen molar-refractivity contribution < 1.29 is 13.9 Å². The maximum atomic E-state index is 11.5. The summed E-state index contributed by atoms with van der Waals surface area (Å²) in [6.45, 7) is 0. The van der Waals surface area contributed by atoms with Gasteiger partial charge in [0.15, 0.2) is 11.4 Å². The van der Waals surface area contributed by atoms with Crippen LogP contribution in [0.15, 0.2) is 16.7 Å². The Morgan fingerprint density at radius 2 is 2.00 bits per heavy atom. The molecule has 0 radical (unpaired) electrons. The van der Waals surface area contributed by atoms with Crippen molar-refractivity contribution in [3.63, 3.8) is 0 Å². The molecule has 0 atom stereocenters. The second-order valence-electron chi connectivity index (χ2n) is 4.11. The number of carbonyl (C=O) groups is 1.